The standard InChI is InChI=1S/C16H18BrN9O4/c1-25(2)7-10-12(20-24-26(10)15-14(18)22-30-23-15)16(28)21-19-6-8-4-9(17)13(27)11(5-8)29-3/h4-6,27H,7H2,1-3H3,(H2,18,22)(H,21,28). The number of nitrogens with zero attached hydrogens (tertiary/aromatic N) is 7. The molecule has 0 saturated carbocycles. The lowest BCUT2D eigenvalue weighted by Gasteiger charge is -2.11. The molecular weight excluding hydrogens is 462 g/mol. The van der Waals surface area contributed by atoms with E-state index in [0.717, 1.165) is 0 Å². The van der Waals surface area contributed by atoms with E-state index < -0.39 is 5.91 Å². The summed E-state index contributed by atoms with van der Waals surface area (Å²) in [4.78, 5) is 14.4. The molecule has 4 N–H and O–H groups in total. The molecule has 13 nitrogen and oxygen atoms in total. The lowest BCUT2D eigenvalue weighted by atomic mass is 10.2. The fraction of sp³-hybridized carbons (Fsp3) is 0.250. The van der Waals surface area contributed by atoms with Crippen LogP contribution < -0.4 is 15.9 Å². The molecule has 158 valence electrons. The first-order valence-electron chi connectivity index (χ1n) is 8.39. The van der Waals surface area contributed by atoms with Gasteiger partial charge in [0, 0.05) is 6.54 Å². The first-order valence-corrected chi connectivity index (χ1v) is 9.18. The molecule has 0 aliphatic heterocycles. The maximum absolute atomic E-state index is 12.6. The maximum atomic E-state index is 12.6. The van der Waals surface area contributed by atoms with Crippen LogP contribution in [0.25, 0.3) is 5.82 Å². The Kier molecular flexibility index (Phi) is 6.27. The van der Waals surface area contributed by atoms with Crippen molar-refractivity contribution in [3.63, 3.8) is 0 Å². The largest absolute Gasteiger partial charge is 0.503 e. The van der Waals surface area contributed by atoms with Crippen LogP contribution in [-0.4, -0.2) is 68.6 Å². The van der Waals surface area contributed by atoms with Crippen molar-refractivity contribution < 1.29 is 19.3 Å². The van der Waals surface area contributed by atoms with Crippen LogP contribution in [0, 0.1) is 0 Å². The van der Waals surface area contributed by atoms with Gasteiger partial charge in [-0.1, -0.05) is 5.21 Å². The molecule has 2 aromatic heterocycles. The fourth-order valence-electron chi connectivity index (χ4n) is 2.47. The summed E-state index contributed by atoms with van der Waals surface area (Å²) in [7, 11) is 5.06. The van der Waals surface area contributed by atoms with Gasteiger partial charge in [0.05, 0.1) is 23.5 Å². The normalized spacial score (nSPS) is 11.4. The third-order valence-corrected chi connectivity index (χ3v) is 4.40. The molecule has 0 bridgehead atoms. The second kappa shape index (κ2) is 8.87. The molecule has 0 atom stereocenters. The molecule has 0 fully saturated rings. The van der Waals surface area contributed by atoms with E-state index in [0.29, 0.717) is 22.3 Å². The van der Waals surface area contributed by atoms with Crippen molar-refractivity contribution >= 4 is 33.9 Å². The minimum Gasteiger partial charge on any atom is -0.503 e. The Morgan fingerprint density at radius 3 is 2.87 bits per heavy atom. The van der Waals surface area contributed by atoms with E-state index in [1.54, 1.807) is 12.1 Å². The summed E-state index contributed by atoms with van der Waals surface area (Å²) >= 11 is 3.22. The number of methoxy groups -OCH3 is 1. The summed E-state index contributed by atoms with van der Waals surface area (Å²) in [6.07, 6.45) is 1.39. The minimum absolute atomic E-state index is 0.0109. The highest BCUT2D eigenvalue weighted by Gasteiger charge is 2.24. The van der Waals surface area contributed by atoms with Crippen molar-refractivity contribution in [3.05, 3.63) is 33.6 Å². The number of benzene rings is 1. The first-order chi connectivity index (χ1) is 14.3. The second-order valence-electron chi connectivity index (χ2n) is 6.26. The van der Waals surface area contributed by atoms with E-state index in [1.807, 2.05) is 19.0 Å². The van der Waals surface area contributed by atoms with Gasteiger partial charge < -0.3 is 20.5 Å². The van der Waals surface area contributed by atoms with Crippen LogP contribution in [0.15, 0.2) is 26.3 Å². The molecule has 0 saturated heterocycles. The number of phenols is 1. The van der Waals surface area contributed by atoms with Crippen LogP contribution in [0.3, 0.4) is 0 Å². The number of nitrogens with two attached hydrogens (primary N) is 1. The number of nitrogens with one attached hydrogen (secondary N) is 1. The quantitative estimate of drug-likeness (QED) is 0.320. The van der Waals surface area contributed by atoms with E-state index in [9.17, 15) is 9.90 Å². The van der Waals surface area contributed by atoms with E-state index in [4.69, 9.17) is 10.5 Å². The Labute approximate surface area is 178 Å². The van der Waals surface area contributed by atoms with Crippen molar-refractivity contribution in [1.29, 1.82) is 0 Å². The highest BCUT2D eigenvalue weighted by molar-refractivity contribution is 9.10. The Hall–Kier alpha value is -3.52. The van der Waals surface area contributed by atoms with Crippen LogP contribution in [0.4, 0.5) is 5.82 Å². The van der Waals surface area contributed by atoms with E-state index in [-0.39, 0.29) is 28.8 Å². The van der Waals surface area contributed by atoms with Gasteiger partial charge in [0.2, 0.25) is 11.6 Å². The number of halogens is 1. The SMILES string of the molecule is COc1cc(C=NNC(=O)c2nnn(-c3nonc3N)c2CN(C)C)cc(Br)c1O. The molecule has 2 heterocycles. The van der Waals surface area contributed by atoms with Crippen molar-refractivity contribution in [3.8, 4) is 17.3 Å². The zero-order chi connectivity index (χ0) is 21.8. The van der Waals surface area contributed by atoms with Crippen LogP contribution in [-0.2, 0) is 6.54 Å². The van der Waals surface area contributed by atoms with Gasteiger partial charge in [0.15, 0.2) is 17.2 Å². The topological polar surface area (TPSA) is 170 Å². The highest BCUT2D eigenvalue weighted by Crippen LogP contribution is 2.34. The number of carbonyl (C=O) groups excluding carboxylic acids is 1. The van der Waals surface area contributed by atoms with Crippen LogP contribution >= 0.6 is 15.9 Å². The van der Waals surface area contributed by atoms with E-state index in [1.165, 1.54) is 18.0 Å². The number of nitrogen functional groups attached to an aromatic ring is 1. The molecule has 3 aromatic rings. The smallest absolute Gasteiger partial charge is 0.293 e. The maximum Gasteiger partial charge on any atom is 0.293 e. The van der Waals surface area contributed by atoms with Crippen molar-refractivity contribution in [2.45, 2.75) is 6.54 Å². The molecular formula is C16H18BrN9O4. The van der Waals surface area contributed by atoms with Gasteiger partial charge in [0.1, 0.15) is 0 Å². The molecule has 30 heavy (non-hydrogen) atoms. The Bertz CT molecular complexity index is 1090. The number of hydrogen-bond acceptors (Lipinski definition) is 11. The predicted octanol–water partition coefficient (Wildman–Crippen LogP) is 0.535. The molecule has 0 unspecified atom stereocenters. The summed E-state index contributed by atoms with van der Waals surface area (Å²) in [6.45, 7) is 0.313. The molecule has 0 radical (unpaired) electrons. The van der Waals surface area contributed by atoms with Gasteiger partial charge in [-0.25, -0.2) is 10.1 Å². The lowest BCUT2D eigenvalue weighted by Crippen LogP contribution is -2.23. The first kappa shape index (κ1) is 21.2. The van der Waals surface area contributed by atoms with E-state index in [2.05, 4.69) is 51.7 Å². The van der Waals surface area contributed by atoms with Crippen molar-refractivity contribution in [1.82, 2.24) is 35.6 Å². The van der Waals surface area contributed by atoms with Crippen molar-refractivity contribution in [2.75, 3.05) is 26.9 Å². The Morgan fingerprint density at radius 2 is 2.23 bits per heavy atom. The third-order valence-electron chi connectivity index (χ3n) is 3.79. The predicted molar refractivity (Wildman–Crippen MR) is 108 cm³/mol. The molecule has 14 heteroatoms. The summed E-state index contributed by atoms with van der Waals surface area (Å²) in [5.41, 5.74) is 9.15. The minimum atomic E-state index is -0.589. The number of hydrazone groups is 1. The zero-order valence-electron chi connectivity index (χ0n) is 16.2. The zero-order valence-corrected chi connectivity index (χ0v) is 17.8. The number of aromatic hydroxyl groups is 1. The lowest BCUT2D eigenvalue weighted by molar-refractivity contribution is 0.0948. The second-order valence-corrected chi connectivity index (χ2v) is 7.11. The van der Waals surface area contributed by atoms with Crippen molar-refractivity contribution in [2.24, 2.45) is 5.10 Å². The average molecular weight is 480 g/mol. The molecule has 1 amide bonds. The third kappa shape index (κ3) is 4.38. The number of hydrogen-bond donors (Lipinski definition) is 3. The summed E-state index contributed by atoms with van der Waals surface area (Å²) in [5, 5.41) is 28.8. The average Bonchev–Trinajstić information content (AvgIpc) is 3.29. The monoisotopic (exact) mass is 479 g/mol. The van der Waals surface area contributed by atoms with Gasteiger partial charge in [-0.2, -0.15) is 9.78 Å². The van der Waals surface area contributed by atoms with Gasteiger partial charge in [-0.05, 0) is 58.0 Å². The molecule has 3 rings (SSSR count). The number of amides is 1. The summed E-state index contributed by atoms with van der Waals surface area (Å²) in [6, 6.07) is 3.17. The number of rotatable bonds is 7. The van der Waals surface area contributed by atoms with Gasteiger partial charge in [-0.15, -0.1) is 5.10 Å². The molecule has 1 aromatic carbocycles. The van der Waals surface area contributed by atoms with Crippen LogP contribution in [0.5, 0.6) is 11.5 Å². The summed E-state index contributed by atoms with van der Waals surface area (Å²) in [5.74, 6) is -0.230. The van der Waals surface area contributed by atoms with Gasteiger partial charge in [-0.3, -0.25) is 4.79 Å². The Balaban J connectivity index is 1.84. The number of anilines is 1. The van der Waals surface area contributed by atoms with Crippen LogP contribution in [0.2, 0.25) is 0 Å². The van der Waals surface area contributed by atoms with Gasteiger partial charge in [0.25, 0.3) is 5.91 Å². The molecule has 0 spiro atoms. The highest BCUT2D eigenvalue weighted by atomic mass is 79.9. The van der Waals surface area contributed by atoms with Gasteiger partial charge >= 0.3 is 0 Å². The number of ether oxygens (including phenoxy) is 1. The number of carbonyl (C=O) groups is 1. The number of phenolic OH excluding ortho intramolecular Hbond substituents is 1. The Morgan fingerprint density at radius 1 is 1.47 bits per heavy atom. The number of aromatic nitrogens is 5. The van der Waals surface area contributed by atoms with E-state index >= 15 is 0 Å². The molecule has 0 aliphatic carbocycles. The fourth-order valence-corrected chi connectivity index (χ4v) is 2.93. The summed E-state index contributed by atoms with van der Waals surface area (Å²) < 4.78 is 11.4. The van der Waals surface area contributed by atoms with Crippen LogP contribution in [0.1, 0.15) is 21.7 Å². The molecule has 0 aliphatic rings.